The Morgan fingerprint density at radius 3 is 2.71 bits per heavy atom. The number of nitrogens with one attached hydrogen (secondary N) is 1. The molecule has 1 N–H and O–H groups in total. The molecule has 0 aromatic heterocycles. The molecule has 0 atom stereocenters. The van der Waals surface area contributed by atoms with Crippen LogP contribution in [-0.2, 0) is 9.59 Å². The van der Waals surface area contributed by atoms with E-state index in [1.807, 2.05) is 35.7 Å². The molecule has 0 saturated carbocycles. The maximum atomic E-state index is 12.6. The van der Waals surface area contributed by atoms with Gasteiger partial charge in [0, 0.05) is 12.1 Å². The number of rotatable bonds is 6. The first-order valence-corrected chi connectivity index (χ1v) is 9.34. The summed E-state index contributed by atoms with van der Waals surface area (Å²) in [6, 6.07) is 13.2. The first kappa shape index (κ1) is 19.4. The van der Waals surface area contributed by atoms with E-state index in [4.69, 9.17) is 4.74 Å². The van der Waals surface area contributed by atoms with Gasteiger partial charge in [0.2, 0.25) is 11.8 Å². The van der Waals surface area contributed by atoms with Gasteiger partial charge in [0.15, 0.2) is 0 Å². The van der Waals surface area contributed by atoms with E-state index in [1.165, 1.54) is 42.0 Å². The quantitative estimate of drug-likeness (QED) is 0.592. The van der Waals surface area contributed by atoms with Crippen LogP contribution in [0, 0.1) is 10.1 Å². The van der Waals surface area contributed by atoms with Crippen molar-refractivity contribution >= 4 is 40.6 Å². The minimum Gasteiger partial charge on any atom is -0.495 e. The molecule has 0 fully saturated rings. The maximum Gasteiger partial charge on any atom is 0.271 e. The number of nitro groups is 1. The van der Waals surface area contributed by atoms with Crippen LogP contribution in [0.15, 0.2) is 53.9 Å². The predicted molar refractivity (Wildman–Crippen MR) is 107 cm³/mol. The number of thioether (sulfide) groups is 1. The van der Waals surface area contributed by atoms with E-state index in [9.17, 15) is 19.7 Å². The SMILES string of the molecule is COc1ccc([N+](=O)[O-])cc1NC(=O)CN1C(=O)CSC=C1c1ccccc1. The highest BCUT2D eigenvalue weighted by Crippen LogP contribution is 2.30. The largest absolute Gasteiger partial charge is 0.495 e. The van der Waals surface area contributed by atoms with E-state index in [0.717, 1.165) is 5.56 Å². The molecule has 144 valence electrons. The second-order valence-corrected chi connectivity index (χ2v) is 6.71. The summed E-state index contributed by atoms with van der Waals surface area (Å²) in [5.41, 5.74) is 1.46. The van der Waals surface area contributed by atoms with Crippen LogP contribution >= 0.6 is 11.8 Å². The van der Waals surface area contributed by atoms with Crippen LogP contribution in [0.2, 0.25) is 0 Å². The lowest BCUT2D eigenvalue weighted by atomic mass is 10.1. The van der Waals surface area contributed by atoms with Crippen molar-refractivity contribution in [1.29, 1.82) is 0 Å². The maximum absolute atomic E-state index is 12.6. The van der Waals surface area contributed by atoms with Gasteiger partial charge in [-0.15, -0.1) is 11.8 Å². The molecule has 0 unspecified atom stereocenters. The minimum atomic E-state index is -0.559. The molecule has 1 aliphatic heterocycles. The van der Waals surface area contributed by atoms with Gasteiger partial charge in [-0.3, -0.25) is 19.7 Å². The topological polar surface area (TPSA) is 102 Å². The number of amides is 2. The van der Waals surface area contributed by atoms with Crippen LogP contribution in [0.1, 0.15) is 5.56 Å². The van der Waals surface area contributed by atoms with Crippen molar-refractivity contribution < 1.29 is 19.2 Å². The van der Waals surface area contributed by atoms with E-state index in [-0.39, 0.29) is 29.6 Å². The minimum absolute atomic E-state index is 0.172. The third kappa shape index (κ3) is 4.32. The molecule has 0 bridgehead atoms. The van der Waals surface area contributed by atoms with Gasteiger partial charge in [0.1, 0.15) is 12.3 Å². The molecule has 2 aromatic carbocycles. The summed E-state index contributed by atoms with van der Waals surface area (Å²) < 4.78 is 5.15. The Kier molecular flexibility index (Phi) is 5.95. The fourth-order valence-corrected chi connectivity index (χ4v) is 3.52. The molecule has 2 aromatic rings. The average molecular weight is 399 g/mol. The van der Waals surface area contributed by atoms with Crippen molar-refractivity contribution in [3.63, 3.8) is 0 Å². The van der Waals surface area contributed by atoms with Crippen molar-refractivity contribution in [3.8, 4) is 5.75 Å². The second-order valence-electron chi connectivity index (χ2n) is 5.85. The first-order valence-electron chi connectivity index (χ1n) is 8.29. The zero-order valence-corrected chi connectivity index (χ0v) is 15.8. The molecule has 0 spiro atoms. The molecule has 1 heterocycles. The molecule has 8 nitrogen and oxygen atoms in total. The van der Waals surface area contributed by atoms with E-state index in [1.54, 1.807) is 0 Å². The van der Waals surface area contributed by atoms with Gasteiger partial charge in [-0.05, 0) is 17.0 Å². The van der Waals surface area contributed by atoms with Crippen LogP contribution in [0.5, 0.6) is 5.75 Å². The summed E-state index contributed by atoms with van der Waals surface area (Å²) >= 11 is 1.37. The summed E-state index contributed by atoms with van der Waals surface area (Å²) in [4.78, 5) is 36.8. The normalized spacial score (nSPS) is 13.7. The second kappa shape index (κ2) is 8.57. The summed E-state index contributed by atoms with van der Waals surface area (Å²) in [7, 11) is 1.40. The molecular formula is C19H17N3O5S. The van der Waals surface area contributed by atoms with Crippen molar-refractivity contribution in [3.05, 3.63) is 69.6 Å². The lowest BCUT2D eigenvalue weighted by molar-refractivity contribution is -0.384. The van der Waals surface area contributed by atoms with Gasteiger partial charge >= 0.3 is 0 Å². The molecule has 28 heavy (non-hydrogen) atoms. The zero-order valence-electron chi connectivity index (χ0n) is 15.0. The number of carbonyl (C=O) groups is 2. The number of methoxy groups -OCH3 is 1. The molecule has 2 amide bonds. The Morgan fingerprint density at radius 2 is 2.04 bits per heavy atom. The highest BCUT2D eigenvalue weighted by molar-refractivity contribution is 8.03. The first-order chi connectivity index (χ1) is 13.5. The summed E-state index contributed by atoms with van der Waals surface area (Å²) in [5, 5.41) is 15.4. The number of hydrogen-bond acceptors (Lipinski definition) is 6. The highest BCUT2D eigenvalue weighted by atomic mass is 32.2. The van der Waals surface area contributed by atoms with Gasteiger partial charge in [-0.25, -0.2) is 0 Å². The Morgan fingerprint density at radius 1 is 1.29 bits per heavy atom. The number of ether oxygens (including phenoxy) is 1. The molecule has 3 rings (SSSR count). The summed E-state index contributed by atoms with van der Waals surface area (Å²) in [6.45, 7) is -0.216. The number of anilines is 1. The monoisotopic (exact) mass is 399 g/mol. The van der Waals surface area contributed by atoms with Crippen molar-refractivity contribution in [2.24, 2.45) is 0 Å². The predicted octanol–water partition coefficient (Wildman–Crippen LogP) is 3.12. The van der Waals surface area contributed by atoms with Gasteiger partial charge in [0.25, 0.3) is 5.69 Å². The van der Waals surface area contributed by atoms with Crippen LogP contribution in [0.3, 0.4) is 0 Å². The molecular weight excluding hydrogens is 382 g/mol. The van der Waals surface area contributed by atoms with Crippen molar-refractivity contribution in [2.45, 2.75) is 0 Å². The number of carbonyl (C=O) groups excluding carboxylic acids is 2. The lowest BCUT2D eigenvalue weighted by Gasteiger charge is -2.28. The lowest BCUT2D eigenvalue weighted by Crippen LogP contribution is -2.39. The summed E-state index contributed by atoms with van der Waals surface area (Å²) in [6.07, 6.45) is 0. The number of non-ortho nitro benzene ring substituents is 1. The van der Waals surface area contributed by atoms with Gasteiger partial charge < -0.3 is 15.0 Å². The average Bonchev–Trinajstić information content (AvgIpc) is 2.70. The van der Waals surface area contributed by atoms with Gasteiger partial charge in [0.05, 0.1) is 29.2 Å². The number of benzene rings is 2. The van der Waals surface area contributed by atoms with Gasteiger partial charge in [-0.2, -0.15) is 0 Å². The number of hydrogen-bond donors (Lipinski definition) is 1. The third-order valence-corrected chi connectivity index (χ3v) is 4.84. The van der Waals surface area contributed by atoms with Crippen LogP contribution in [-0.4, -0.2) is 41.0 Å². The molecule has 0 aliphatic carbocycles. The molecule has 1 aliphatic rings. The van der Waals surface area contributed by atoms with Crippen LogP contribution in [0.25, 0.3) is 5.70 Å². The molecule has 0 radical (unpaired) electrons. The highest BCUT2D eigenvalue weighted by Gasteiger charge is 2.26. The fraction of sp³-hybridized carbons (Fsp3) is 0.158. The fourth-order valence-electron chi connectivity index (χ4n) is 2.71. The van der Waals surface area contributed by atoms with Crippen LogP contribution < -0.4 is 10.1 Å². The van der Waals surface area contributed by atoms with Crippen LogP contribution in [0.4, 0.5) is 11.4 Å². The number of nitro benzene ring substituents is 1. The Bertz CT molecular complexity index is 946. The van der Waals surface area contributed by atoms with Crippen molar-refractivity contribution in [2.75, 3.05) is 24.7 Å². The Hall–Kier alpha value is -3.33. The van der Waals surface area contributed by atoms with E-state index >= 15 is 0 Å². The zero-order chi connectivity index (χ0) is 20.1. The Labute approximate surface area is 165 Å². The van der Waals surface area contributed by atoms with E-state index in [2.05, 4.69) is 5.32 Å². The van der Waals surface area contributed by atoms with Gasteiger partial charge in [-0.1, -0.05) is 30.3 Å². The van der Waals surface area contributed by atoms with E-state index < -0.39 is 10.8 Å². The number of nitrogens with zero attached hydrogens (tertiary/aromatic N) is 2. The smallest absolute Gasteiger partial charge is 0.271 e. The van der Waals surface area contributed by atoms with E-state index in [0.29, 0.717) is 11.4 Å². The standard InChI is InChI=1S/C19H17N3O5S/c1-27-17-8-7-14(22(25)26)9-15(17)20-18(23)10-21-16(11-28-12-19(21)24)13-5-3-2-4-6-13/h2-9,11H,10,12H2,1H3,(H,20,23). The summed E-state index contributed by atoms with van der Waals surface area (Å²) in [5.74, 6) is -0.143. The Balaban J connectivity index is 1.81. The molecule has 9 heteroatoms. The van der Waals surface area contributed by atoms with Crippen molar-refractivity contribution in [1.82, 2.24) is 4.90 Å². The third-order valence-electron chi connectivity index (χ3n) is 4.03. The molecule has 0 saturated heterocycles.